The van der Waals surface area contributed by atoms with Crippen molar-refractivity contribution in [1.82, 2.24) is 14.5 Å². The van der Waals surface area contributed by atoms with Crippen molar-refractivity contribution in [2.45, 2.75) is 32.9 Å². The lowest BCUT2D eigenvalue weighted by molar-refractivity contribution is 0.177. The van der Waals surface area contributed by atoms with Crippen LogP contribution in [0, 0.1) is 6.92 Å². The van der Waals surface area contributed by atoms with Crippen LogP contribution in [-0.2, 0) is 13.0 Å². The van der Waals surface area contributed by atoms with Gasteiger partial charge in [0.05, 0.1) is 33.2 Å². The van der Waals surface area contributed by atoms with Crippen molar-refractivity contribution in [1.29, 1.82) is 0 Å². The summed E-state index contributed by atoms with van der Waals surface area (Å²) in [6.07, 6.45) is -0.0180. The van der Waals surface area contributed by atoms with E-state index in [1.807, 2.05) is 25.1 Å². The van der Waals surface area contributed by atoms with Crippen LogP contribution in [-0.4, -0.2) is 19.6 Å². The number of aliphatic hydroxyl groups is 1. The van der Waals surface area contributed by atoms with Gasteiger partial charge in [0.15, 0.2) is 0 Å². The number of hydrogen-bond acceptors (Lipinski definition) is 4. The Kier molecular flexibility index (Phi) is 3.54. The van der Waals surface area contributed by atoms with Gasteiger partial charge in [-0.1, -0.05) is 12.1 Å². The molecule has 0 radical (unpaired) electrons. The molecule has 2 heterocycles. The lowest BCUT2D eigenvalue weighted by Crippen LogP contribution is -2.08. The van der Waals surface area contributed by atoms with E-state index >= 15 is 0 Å². The first-order valence-corrected chi connectivity index (χ1v) is 7.61. The third-order valence-electron chi connectivity index (χ3n) is 3.51. The Labute approximate surface area is 121 Å². The second-order valence-electron chi connectivity index (χ2n) is 4.78. The molecule has 0 saturated carbocycles. The molecule has 20 heavy (non-hydrogen) atoms. The van der Waals surface area contributed by atoms with Crippen LogP contribution in [0.2, 0.25) is 0 Å². The number of aliphatic hydroxyl groups excluding tert-OH is 1. The molecule has 0 aliphatic rings. The monoisotopic (exact) mass is 287 g/mol. The average Bonchev–Trinajstić information content (AvgIpc) is 3.01. The number of fused-ring (bicyclic) bond motifs is 1. The molecule has 2 aromatic heterocycles. The third kappa shape index (κ3) is 2.23. The number of aryl methyl sites for hydroxylation is 2. The first kappa shape index (κ1) is 13.3. The number of rotatable bonds is 4. The Hall–Kier alpha value is -1.72. The van der Waals surface area contributed by atoms with Crippen LogP contribution in [0.1, 0.15) is 29.4 Å². The van der Waals surface area contributed by atoms with E-state index < -0.39 is 6.10 Å². The predicted molar refractivity (Wildman–Crippen MR) is 80.9 cm³/mol. The largest absolute Gasteiger partial charge is 0.387 e. The molecule has 104 valence electrons. The number of para-hydroxylation sites is 2. The van der Waals surface area contributed by atoms with Crippen molar-refractivity contribution in [3.05, 3.63) is 46.2 Å². The molecule has 4 nitrogen and oxygen atoms in total. The minimum atomic E-state index is -0.537. The van der Waals surface area contributed by atoms with Crippen LogP contribution in [0.3, 0.4) is 0 Å². The van der Waals surface area contributed by atoms with E-state index in [2.05, 4.69) is 27.5 Å². The normalized spacial score (nSPS) is 12.9. The van der Waals surface area contributed by atoms with Gasteiger partial charge in [-0.25, -0.2) is 9.97 Å². The minimum Gasteiger partial charge on any atom is -0.387 e. The van der Waals surface area contributed by atoms with Crippen molar-refractivity contribution >= 4 is 22.4 Å². The Bertz CT molecular complexity index is 732. The standard InChI is InChI=1S/C15H17N3OS/c1-3-18-12-7-5-4-6-11(12)17-14(18)8-13(19)15-10(2)16-9-20-15/h4-7,9,13,19H,3,8H2,1-2H3. The van der Waals surface area contributed by atoms with Crippen LogP contribution in [0.15, 0.2) is 29.8 Å². The van der Waals surface area contributed by atoms with E-state index in [1.165, 1.54) is 11.3 Å². The summed E-state index contributed by atoms with van der Waals surface area (Å²) in [6.45, 7) is 4.88. The summed E-state index contributed by atoms with van der Waals surface area (Å²) in [5.41, 5.74) is 4.79. The van der Waals surface area contributed by atoms with Crippen LogP contribution < -0.4 is 0 Å². The molecular formula is C15H17N3OS. The molecule has 1 atom stereocenters. The van der Waals surface area contributed by atoms with Crippen molar-refractivity contribution < 1.29 is 5.11 Å². The fourth-order valence-electron chi connectivity index (χ4n) is 2.53. The number of imidazole rings is 1. The van der Waals surface area contributed by atoms with E-state index in [1.54, 1.807) is 5.51 Å². The zero-order chi connectivity index (χ0) is 14.1. The predicted octanol–water partition coefficient (Wildman–Crippen LogP) is 3.10. The average molecular weight is 287 g/mol. The van der Waals surface area contributed by atoms with E-state index in [4.69, 9.17) is 0 Å². The molecule has 1 unspecified atom stereocenters. The molecule has 3 rings (SSSR count). The highest BCUT2D eigenvalue weighted by atomic mass is 32.1. The van der Waals surface area contributed by atoms with Crippen LogP contribution in [0.25, 0.3) is 11.0 Å². The lowest BCUT2D eigenvalue weighted by atomic mass is 10.2. The van der Waals surface area contributed by atoms with Crippen molar-refractivity contribution in [2.24, 2.45) is 0 Å². The van der Waals surface area contributed by atoms with E-state index in [9.17, 15) is 5.11 Å². The first-order chi connectivity index (χ1) is 9.70. The van der Waals surface area contributed by atoms with Gasteiger partial charge in [0, 0.05) is 13.0 Å². The van der Waals surface area contributed by atoms with Gasteiger partial charge in [-0.15, -0.1) is 11.3 Å². The Morgan fingerprint density at radius 2 is 2.15 bits per heavy atom. The van der Waals surface area contributed by atoms with Gasteiger partial charge < -0.3 is 9.67 Å². The quantitative estimate of drug-likeness (QED) is 0.802. The number of benzene rings is 1. The number of hydrogen-bond donors (Lipinski definition) is 1. The summed E-state index contributed by atoms with van der Waals surface area (Å²) < 4.78 is 2.16. The summed E-state index contributed by atoms with van der Waals surface area (Å²) >= 11 is 1.50. The molecule has 1 aromatic carbocycles. The summed E-state index contributed by atoms with van der Waals surface area (Å²) in [5, 5.41) is 10.4. The molecule has 0 amide bonds. The molecule has 1 N–H and O–H groups in total. The molecule has 3 aromatic rings. The zero-order valence-electron chi connectivity index (χ0n) is 11.6. The maximum Gasteiger partial charge on any atom is 0.112 e. The number of aromatic nitrogens is 3. The summed E-state index contributed by atoms with van der Waals surface area (Å²) in [7, 11) is 0. The van der Waals surface area contributed by atoms with Crippen LogP contribution in [0.5, 0.6) is 0 Å². The number of nitrogens with zero attached hydrogens (tertiary/aromatic N) is 3. The molecule has 0 fully saturated rings. The van der Waals surface area contributed by atoms with E-state index in [0.29, 0.717) is 6.42 Å². The summed E-state index contributed by atoms with van der Waals surface area (Å²) in [6, 6.07) is 8.08. The Morgan fingerprint density at radius 3 is 2.85 bits per heavy atom. The van der Waals surface area contributed by atoms with Crippen molar-refractivity contribution in [3.8, 4) is 0 Å². The highest BCUT2D eigenvalue weighted by Crippen LogP contribution is 2.26. The summed E-state index contributed by atoms with van der Waals surface area (Å²) in [5.74, 6) is 0.925. The maximum absolute atomic E-state index is 10.4. The highest BCUT2D eigenvalue weighted by molar-refractivity contribution is 7.09. The molecule has 5 heteroatoms. The molecule has 0 aliphatic heterocycles. The van der Waals surface area contributed by atoms with Gasteiger partial charge in [-0.3, -0.25) is 0 Å². The Morgan fingerprint density at radius 1 is 1.35 bits per heavy atom. The van der Waals surface area contributed by atoms with Gasteiger partial charge in [0.1, 0.15) is 5.82 Å². The molecule has 0 bridgehead atoms. The van der Waals surface area contributed by atoms with Gasteiger partial charge in [0.2, 0.25) is 0 Å². The molecule has 0 saturated heterocycles. The van der Waals surface area contributed by atoms with E-state index in [-0.39, 0.29) is 0 Å². The fourth-order valence-corrected chi connectivity index (χ4v) is 3.32. The minimum absolute atomic E-state index is 0.519. The molecule has 0 aliphatic carbocycles. The fraction of sp³-hybridized carbons (Fsp3) is 0.333. The maximum atomic E-state index is 10.4. The van der Waals surface area contributed by atoms with Gasteiger partial charge in [-0.05, 0) is 26.0 Å². The smallest absolute Gasteiger partial charge is 0.112 e. The van der Waals surface area contributed by atoms with Gasteiger partial charge >= 0.3 is 0 Å². The zero-order valence-corrected chi connectivity index (χ0v) is 12.4. The van der Waals surface area contributed by atoms with Gasteiger partial charge in [-0.2, -0.15) is 0 Å². The summed E-state index contributed by atoms with van der Waals surface area (Å²) in [4.78, 5) is 9.78. The Balaban J connectivity index is 1.96. The highest BCUT2D eigenvalue weighted by Gasteiger charge is 2.18. The molecular weight excluding hydrogens is 270 g/mol. The van der Waals surface area contributed by atoms with Crippen LogP contribution >= 0.6 is 11.3 Å². The second kappa shape index (κ2) is 5.34. The topological polar surface area (TPSA) is 50.9 Å². The SMILES string of the molecule is CCn1c(CC(O)c2scnc2C)nc2ccccc21. The van der Waals surface area contributed by atoms with E-state index in [0.717, 1.165) is 34.0 Å². The van der Waals surface area contributed by atoms with Crippen LogP contribution in [0.4, 0.5) is 0 Å². The van der Waals surface area contributed by atoms with Crippen molar-refractivity contribution in [2.75, 3.05) is 0 Å². The second-order valence-corrected chi connectivity index (χ2v) is 5.67. The third-order valence-corrected chi connectivity index (χ3v) is 4.54. The first-order valence-electron chi connectivity index (χ1n) is 6.73. The lowest BCUT2D eigenvalue weighted by Gasteiger charge is -2.11. The number of thiazole rings is 1. The van der Waals surface area contributed by atoms with Crippen molar-refractivity contribution in [3.63, 3.8) is 0 Å². The molecule has 0 spiro atoms. The van der Waals surface area contributed by atoms with Gasteiger partial charge in [0.25, 0.3) is 0 Å².